The largest absolute Gasteiger partial charge is 0.310 e. The van der Waals surface area contributed by atoms with E-state index in [-0.39, 0.29) is 11.8 Å². The maximum Gasteiger partial charge on any atom is 0.229 e. The van der Waals surface area contributed by atoms with E-state index in [9.17, 15) is 4.79 Å². The third-order valence-electron chi connectivity index (χ3n) is 3.74. The first kappa shape index (κ1) is 13.7. The number of anilines is 1. The predicted molar refractivity (Wildman–Crippen MR) is 81.7 cm³/mol. The number of carbonyl (C=O) groups excluding carboxylic acids is 1. The van der Waals surface area contributed by atoms with Crippen LogP contribution in [0, 0.1) is 5.92 Å². The van der Waals surface area contributed by atoms with Gasteiger partial charge in [-0.25, -0.2) is 4.98 Å². The summed E-state index contributed by atoms with van der Waals surface area (Å²) in [4.78, 5) is 22.9. The van der Waals surface area contributed by atoms with Gasteiger partial charge in [-0.1, -0.05) is 6.07 Å². The number of carbonyl (C=O) groups is 1. The molecule has 2 aromatic heterocycles. The molecule has 1 aliphatic heterocycles. The third kappa shape index (κ3) is 3.25. The minimum absolute atomic E-state index is 0.0532. The Labute approximate surface area is 124 Å². The van der Waals surface area contributed by atoms with Crippen molar-refractivity contribution in [1.29, 1.82) is 0 Å². The fourth-order valence-corrected chi connectivity index (χ4v) is 2.53. The van der Waals surface area contributed by atoms with Crippen molar-refractivity contribution < 1.29 is 4.79 Å². The Balaban J connectivity index is 1.66. The topological polar surface area (TPSA) is 58.1 Å². The molecule has 5 nitrogen and oxygen atoms in total. The highest BCUT2D eigenvalue weighted by Crippen LogP contribution is 2.19. The van der Waals surface area contributed by atoms with Crippen molar-refractivity contribution in [1.82, 2.24) is 14.9 Å². The van der Waals surface area contributed by atoms with E-state index >= 15 is 0 Å². The molecule has 0 radical (unpaired) electrons. The Kier molecular flexibility index (Phi) is 3.92. The lowest BCUT2D eigenvalue weighted by Gasteiger charge is -2.11. The zero-order chi connectivity index (χ0) is 14.7. The highest BCUT2D eigenvalue weighted by Gasteiger charge is 2.26. The lowest BCUT2D eigenvalue weighted by Crippen LogP contribution is -2.25. The van der Waals surface area contributed by atoms with Gasteiger partial charge in [-0.05, 0) is 44.3 Å². The number of aromatic nitrogens is 2. The van der Waals surface area contributed by atoms with E-state index in [1.807, 2.05) is 37.4 Å². The van der Waals surface area contributed by atoms with E-state index in [2.05, 4.69) is 20.2 Å². The van der Waals surface area contributed by atoms with Gasteiger partial charge in [0.25, 0.3) is 0 Å². The standard InChI is InChI=1S/C16H18N4O/c1-20-9-7-13(11-20)16(21)19-15-6-5-12(10-18-15)14-4-2-3-8-17-14/h2-6,8,10,13H,7,9,11H2,1H3,(H,18,19,21). The molecule has 21 heavy (non-hydrogen) atoms. The van der Waals surface area contributed by atoms with Gasteiger partial charge in [-0.15, -0.1) is 0 Å². The molecule has 1 aliphatic rings. The van der Waals surface area contributed by atoms with Crippen molar-refractivity contribution in [3.63, 3.8) is 0 Å². The van der Waals surface area contributed by atoms with Crippen LogP contribution in [0.1, 0.15) is 6.42 Å². The minimum Gasteiger partial charge on any atom is -0.310 e. The Hall–Kier alpha value is -2.27. The van der Waals surface area contributed by atoms with Gasteiger partial charge in [0.15, 0.2) is 0 Å². The molecule has 3 rings (SSSR count). The predicted octanol–water partition coefficient (Wildman–Crippen LogP) is 2.03. The summed E-state index contributed by atoms with van der Waals surface area (Å²) in [7, 11) is 2.03. The van der Waals surface area contributed by atoms with Gasteiger partial charge < -0.3 is 10.2 Å². The Bertz CT molecular complexity index is 612. The van der Waals surface area contributed by atoms with Gasteiger partial charge in [0.05, 0.1) is 11.6 Å². The molecular formula is C16H18N4O. The fraction of sp³-hybridized carbons (Fsp3) is 0.312. The molecule has 0 aromatic carbocycles. The van der Waals surface area contributed by atoms with E-state index < -0.39 is 0 Å². The number of pyridine rings is 2. The quantitative estimate of drug-likeness (QED) is 0.936. The summed E-state index contributed by atoms with van der Waals surface area (Å²) in [5.74, 6) is 0.707. The van der Waals surface area contributed by atoms with Crippen molar-refractivity contribution in [3.05, 3.63) is 42.7 Å². The van der Waals surface area contributed by atoms with Crippen molar-refractivity contribution in [2.75, 3.05) is 25.5 Å². The first-order valence-electron chi connectivity index (χ1n) is 7.09. The molecule has 0 bridgehead atoms. The molecule has 0 spiro atoms. The van der Waals surface area contributed by atoms with Crippen molar-refractivity contribution >= 4 is 11.7 Å². The second kappa shape index (κ2) is 6.01. The summed E-state index contributed by atoms with van der Waals surface area (Å²) >= 11 is 0. The van der Waals surface area contributed by atoms with Crippen LogP contribution in [-0.4, -0.2) is 40.9 Å². The summed E-state index contributed by atoms with van der Waals surface area (Å²) in [6, 6.07) is 9.49. The fourth-order valence-electron chi connectivity index (χ4n) is 2.53. The molecule has 1 atom stereocenters. The second-order valence-electron chi connectivity index (χ2n) is 5.38. The number of rotatable bonds is 3. The van der Waals surface area contributed by atoms with Crippen LogP contribution in [0.15, 0.2) is 42.7 Å². The highest BCUT2D eigenvalue weighted by atomic mass is 16.2. The van der Waals surface area contributed by atoms with Gasteiger partial charge in [0, 0.05) is 24.5 Å². The van der Waals surface area contributed by atoms with E-state index in [1.165, 1.54) is 0 Å². The van der Waals surface area contributed by atoms with Crippen LogP contribution >= 0.6 is 0 Å². The summed E-state index contributed by atoms with van der Waals surface area (Å²) in [6.07, 6.45) is 4.40. The molecule has 0 aliphatic carbocycles. The smallest absolute Gasteiger partial charge is 0.229 e. The van der Waals surface area contributed by atoms with E-state index in [4.69, 9.17) is 0 Å². The maximum atomic E-state index is 12.1. The van der Waals surface area contributed by atoms with Gasteiger partial charge in [-0.2, -0.15) is 0 Å². The first-order chi connectivity index (χ1) is 10.2. The number of nitrogens with zero attached hydrogens (tertiary/aromatic N) is 3. The van der Waals surface area contributed by atoms with Crippen LogP contribution in [0.4, 0.5) is 5.82 Å². The monoisotopic (exact) mass is 282 g/mol. The Morgan fingerprint density at radius 1 is 1.29 bits per heavy atom. The van der Waals surface area contributed by atoms with Crippen LogP contribution in [0.5, 0.6) is 0 Å². The average molecular weight is 282 g/mol. The number of likely N-dealkylation sites (tertiary alicyclic amines) is 1. The van der Waals surface area contributed by atoms with Gasteiger partial charge in [-0.3, -0.25) is 9.78 Å². The Morgan fingerprint density at radius 2 is 2.19 bits per heavy atom. The molecule has 1 amide bonds. The summed E-state index contributed by atoms with van der Waals surface area (Å²) < 4.78 is 0. The number of hydrogen-bond donors (Lipinski definition) is 1. The van der Waals surface area contributed by atoms with Crippen LogP contribution in [0.2, 0.25) is 0 Å². The molecule has 3 heterocycles. The number of amides is 1. The summed E-state index contributed by atoms with van der Waals surface area (Å²) in [5, 5.41) is 2.89. The molecule has 2 aromatic rings. The van der Waals surface area contributed by atoms with Crippen LogP contribution in [-0.2, 0) is 4.79 Å². The SMILES string of the molecule is CN1CCC(C(=O)Nc2ccc(-c3ccccn3)cn2)C1. The molecule has 1 unspecified atom stereocenters. The van der Waals surface area contributed by atoms with Crippen molar-refractivity contribution in [2.45, 2.75) is 6.42 Å². The molecule has 0 saturated carbocycles. The van der Waals surface area contributed by atoms with Crippen molar-refractivity contribution in [3.8, 4) is 11.3 Å². The molecular weight excluding hydrogens is 264 g/mol. The average Bonchev–Trinajstić information content (AvgIpc) is 2.96. The summed E-state index contributed by atoms with van der Waals surface area (Å²) in [5.41, 5.74) is 1.81. The second-order valence-corrected chi connectivity index (χ2v) is 5.38. The molecule has 108 valence electrons. The lowest BCUT2D eigenvalue weighted by molar-refractivity contribution is -0.119. The van der Waals surface area contributed by atoms with Crippen LogP contribution in [0.25, 0.3) is 11.3 Å². The lowest BCUT2D eigenvalue weighted by atomic mass is 10.1. The van der Waals surface area contributed by atoms with Gasteiger partial charge in [0.1, 0.15) is 5.82 Å². The first-order valence-corrected chi connectivity index (χ1v) is 7.09. The van der Waals surface area contributed by atoms with Gasteiger partial charge in [0.2, 0.25) is 5.91 Å². The summed E-state index contributed by atoms with van der Waals surface area (Å²) in [6.45, 7) is 1.79. The maximum absolute atomic E-state index is 12.1. The van der Waals surface area contributed by atoms with E-state index in [1.54, 1.807) is 12.4 Å². The zero-order valence-corrected chi connectivity index (χ0v) is 12.0. The number of nitrogens with one attached hydrogen (secondary N) is 1. The highest BCUT2D eigenvalue weighted by molar-refractivity contribution is 5.92. The molecule has 1 saturated heterocycles. The zero-order valence-electron chi connectivity index (χ0n) is 12.0. The third-order valence-corrected chi connectivity index (χ3v) is 3.74. The minimum atomic E-state index is 0.0532. The Morgan fingerprint density at radius 3 is 2.81 bits per heavy atom. The molecule has 1 N–H and O–H groups in total. The molecule has 1 fully saturated rings. The van der Waals surface area contributed by atoms with E-state index in [0.717, 1.165) is 30.8 Å². The number of hydrogen-bond acceptors (Lipinski definition) is 4. The molecule has 5 heteroatoms. The van der Waals surface area contributed by atoms with Crippen LogP contribution in [0.3, 0.4) is 0 Å². The normalized spacial score (nSPS) is 18.6. The van der Waals surface area contributed by atoms with Crippen molar-refractivity contribution in [2.24, 2.45) is 5.92 Å². The van der Waals surface area contributed by atoms with Gasteiger partial charge >= 0.3 is 0 Å². The van der Waals surface area contributed by atoms with E-state index in [0.29, 0.717) is 5.82 Å². The van der Waals surface area contributed by atoms with Crippen LogP contribution < -0.4 is 5.32 Å².